The molecule has 20 heavy (non-hydrogen) atoms. The molecule has 0 N–H and O–H groups in total. The van der Waals surface area contributed by atoms with Gasteiger partial charge in [-0.05, 0) is 18.2 Å². The van der Waals surface area contributed by atoms with Gasteiger partial charge in [0, 0.05) is 11.6 Å². The van der Waals surface area contributed by atoms with Crippen LogP contribution in [0.2, 0.25) is 0 Å². The molecule has 0 amide bonds. The van der Waals surface area contributed by atoms with Crippen molar-refractivity contribution in [1.82, 2.24) is 0 Å². The Morgan fingerprint density at radius 1 is 1.30 bits per heavy atom. The van der Waals surface area contributed by atoms with Crippen molar-refractivity contribution in [3.05, 3.63) is 59.4 Å². The van der Waals surface area contributed by atoms with E-state index >= 15 is 0 Å². The molecular weight excluding hydrogens is 257 g/mol. The van der Waals surface area contributed by atoms with E-state index in [0.717, 1.165) is 11.3 Å². The Morgan fingerprint density at radius 3 is 2.95 bits per heavy atom. The lowest BCUT2D eigenvalue weighted by molar-refractivity contribution is 0.247. The fraction of sp³-hybridized carbons (Fsp3) is 0.188. The van der Waals surface area contributed by atoms with Gasteiger partial charge in [0.2, 0.25) is 0 Å². The summed E-state index contributed by atoms with van der Waals surface area (Å²) in [7, 11) is 0. The number of hydrogen-bond donors (Lipinski definition) is 0. The van der Waals surface area contributed by atoms with Crippen LogP contribution in [0.1, 0.15) is 17.0 Å². The van der Waals surface area contributed by atoms with E-state index in [1.807, 2.05) is 24.3 Å². The van der Waals surface area contributed by atoms with Gasteiger partial charge in [-0.25, -0.2) is 4.39 Å². The molecule has 100 valence electrons. The van der Waals surface area contributed by atoms with Crippen LogP contribution in [0.3, 0.4) is 0 Å². The highest BCUT2D eigenvalue weighted by Crippen LogP contribution is 2.33. The predicted molar refractivity (Wildman–Crippen MR) is 71.3 cm³/mol. The van der Waals surface area contributed by atoms with Gasteiger partial charge < -0.3 is 9.47 Å². The highest BCUT2D eigenvalue weighted by Gasteiger charge is 2.24. The molecule has 0 bridgehead atoms. The minimum Gasteiger partial charge on any atom is -0.493 e. The van der Waals surface area contributed by atoms with Crippen molar-refractivity contribution in [3.63, 3.8) is 0 Å². The van der Waals surface area contributed by atoms with Crippen LogP contribution in [0.15, 0.2) is 42.5 Å². The molecule has 0 aromatic heterocycles. The van der Waals surface area contributed by atoms with E-state index in [9.17, 15) is 4.39 Å². The monoisotopic (exact) mass is 269 g/mol. The minimum absolute atomic E-state index is 0.0203. The highest BCUT2D eigenvalue weighted by molar-refractivity contribution is 5.40. The molecule has 0 spiro atoms. The zero-order valence-electron chi connectivity index (χ0n) is 10.7. The first-order chi connectivity index (χ1) is 9.78. The molecule has 2 aromatic carbocycles. The Morgan fingerprint density at radius 2 is 2.15 bits per heavy atom. The number of para-hydroxylation sites is 1. The largest absolute Gasteiger partial charge is 0.493 e. The molecule has 2 aromatic rings. The van der Waals surface area contributed by atoms with Crippen molar-refractivity contribution in [2.75, 3.05) is 13.2 Å². The third kappa shape index (κ3) is 2.30. The smallest absolute Gasteiger partial charge is 0.144 e. The Balaban J connectivity index is 1.69. The summed E-state index contributed by atoms with van der Waals surface area (Å²) in [6.45, 7) is 0.987. The lowest BCUT2D eigenvalue weighted by atomic mass is 10.0. The first-order valence-corrected chi connectivity index (χ1v) is 6.32. The lowest BCUT2D eigenvalue weighted by Gasteiger charge is -2.11. The first kappa shape index (κ1) is 12.5. The molecule has 3 nitrogen and oxygen atoms in total. The van der Waals surface area contributed by atoms with Crippen LogP contribution in [-0.4, -0.2) is 13.2 Å². The maximum atomic E-state index is 13.5. The van der Waals surface area contributed by atoms with E-state index in [0.29, 0.717) is 19.0 Å². The van der Waals surface area contributed by atoms with Gasteiger partial charge in [0.25, 0.3) is 0 Å². The molecule has 0 saturated carbocycles. The lowest BCUT2D eigenvalue weighted by Crippen LogP contribution is -2.11. The molecule has 0 saturated heterocycles. The van der Waals surface area contributed by atoms with Gasteiger partial charge in [-0.2, -0.15) is 5.26 Å². The molecule has 1 aliphatic heterocycles. The van der Waals surface area contributed by atoms with E-state index in [4.69, 9.17) is 14.7 Å². The molecule has 3 rings (SSSR count). The minimum atomic E-state index is -0.562. The molecule has 0 fully saturated rings. The van der Waals surface area contributed by atoms with Crippen molar-refractivity contribution in [2.24, 2.45) is 0 Å². The van der Waals surface area contributed by atoms with Gasteiger partial charge >= 0.3 is 0 Å². The number of rotatable bonds is 3. The molecule has 4 heteroatoms. The van der Waals surface area contributed by atoms with Gasteiger partial charge in [0.15, 0.2) is 0 Å². The highest BCUT2D eigenvalue weighted by atomic mass is 19.1. The second-order valence-electron chi connectivity index (χ2n) is 4.61. The Hall–Kier alpha value is -2.54. The number of halogens is 1. The third-order valence-electron chi connectivity index (χ3n) is 3.31. The van der Waals surface area contributed by atoms with E-state index < -0.39 is 5.82 Å². The second-order valence-corrected chi connectivity index (χ2v) is 4.61. The summed E-state index contributed by atoms with van der Waals surface area (Å²) in [5.41, 5.74) is 1.13. The second kappa shape index (κ2) is 5.22. The summed E-state index contributed by atoms with van der Waals surface area (Å²) in [6.07, 6.45) is 0. The third-order valence-corrected chi connectivity index (χ3v) is 3.31. The van der Waals surface area contributed by atoms with Gasteiger partial charge in [-0.3, -0.25) is 0 Å². The van der Waals surface area contributed by atoms with Crippen LogP contribution in [0.5, 0.6) is 11.5 Å². The van der Waals surface area contributed by atoms with Crippen molar-refractivity contribution < 1.29 is 13.9 Å². The Kier molecular flexibility index (Phi) is 3.26. The maximum absolute atomic E-state index is 13.5. The van der Waals surface area contributed by atoms with Crippen LogP contribution >= 0.6 is 0 Å². The van der Waals surface area contributed by atoms with Crippen molar-refractivity contribution in [2.45, 2.75) is 5.92 Å². The van der Waals surface area contributed by atoms with Gasteiger partial charge in [-0.1, -0.05) is 18.2 Å². The van der Waals surface area contributed by atoms with Crippen LogP contribution in [0.25, 0.3) is 0 Å². The number of nitrogens with zero attached hydrogens (tertiary/aromatic N) is 1. The Bertz CT molecular complexity index is 678. The molecule has 0 aliphatic carbocycles. The normalized spacial score (nSPS) is 16.1. The number of nitriles is 1. The summed E-state index contributed by atoms with van der Waals surface area (Å²) < 4.78 is 24.6. The zero-order chi connectivity index (χ0) is 13.9. The summed E-state index contributed by atoms with van der Waals surface area (Å²) >= 11 is 0. The first-order valence-electron chi connectivity index (χ1n) is 6.32. The number of benzene rings is 2. The average Bonchev–Trinajstić information content (AvgIpc) is 2.88. The van der Waals surface area contributed by atoms with Crippen molar-refractivity contribution in [3.8, 4) is 17.6 Å². The number of fused-ring (bicyclic) bond motifs is 1. The van der Waals surface area contributed by atoms with Crippen molar-refractivity contribution >= 4 is 0 Å². The maximum Gasteiger partial charge on any atom is 0.144 e. The Labute approximate surface area is 116 Å². The summed E-state index contributed by atoms with van der Waals surface area (Å²) in [5, 5.41) is 8.67. The fourth-order valence-electron chi connectivity index (χ4n) is 2.24. The van der Waals surface area contributed by atoms with E-state index in [2.05, 4.69) is 0 Å². The van der Waals surface area contributed by atoms with E-state index in [-0.39, 0.29) is 11.5 Å². The predicted octanol–water partition coefficient (Wildman–Crippen LogP) is 3.25. The van der Waals surface area contributed by atoms with Crippen LogP contribution in [-0.2, 0) is 0 Å². The average molecular weight is 269 g/mol. The molecule has 1 heterocycles. The van der Waals surface area contributed by atoms with Crippen LogP contribution < -0.4 is 9.47 Å². The SMILES string of the molecule is N#Cc1ccc(OCC2COc3ccccc32)cc1F. The summed E-state index contributed by atoms with van der Waals surface area (Å²) in [5.74, 6) is 0.885. The quantitative estimate of drug-likeness (QED) is 0.859. The molecule has 1 unspecified atom stereocenters. The topological polar surface area (TPSA) is 42.2 Å². The molecule has 1 aliphatic rings. The van der Waals surface area contributed by atoms with E-state index in [1.54, 1.807) is 12.1 Å². The molecule has 1 atom stereocenters. The number of hydrogen-bond acceptors (Lipinski definition) is 3. The van der Waals surface area contributed by atoms with Crippen LogP contribution in [0.4, 0.5) is 4.39 Å². The van der Waals surface area contributed by atoms with Crippen LogP contribution in [0, 0.1) is 17.1 Å². The standard InChI is InChI=1S/C16H12FNO2/c17-15-7-13(6-5-11(15)8-18)19-9-12-10-20-16-4-2-1-3-14(12)16/h1-7,12H,9-10H2. The van der Waals surface area contributed by atoms with Crippen molar-refractivity contribution in [1.29, 1.82) is 5.26 Å². The number of ether oxygens (including phenoxy) is 2. The zero-order valence-corrected chi connectivity index (χ0v) is 10.7. The van der Waals surface area contributed by atoms with Gasteiger partial charge in [0.1, 0.15) is 23.4 Å². The molecular formula is C16H12FNO2. The fourth-order valence-corrected chi connectivity index (χ4v) is 2.24. The van der Waals surface area contributed by atoms with Gasteiger partial charge in [-0.15, -0.1) is 0 Å². The van der Waals surface area contributed by atoms with E-state index in [1.165, 1.54) is 12.1 Å². The molecule has 0 radical (unpaired) electrons. The van der Waals surface area contributed by atoms with Gasteiger partial charge in [0.05, 0.1) is 24.7 Å². The summed E-state index contributed by atoms with van der Waals surface area (Å²) in [6, 6.07) is 13.9. The summed E-state index contributed by atoms with van der Waals surface area (Å²) in [4.78, 5) is 0.